The summed E-state index contributed by atoms with van der Waals surface area (Å²) >= 11 is 5.76. The number of hydrogen-bond donors (Lipinski definition) is 0. The molecule has 0 spiro atoms. The number of hydrogen-bond acceptors (Lipinski definition) is 2. The van der Waals surface area contributed by atoms with Gasteiger partial charge in [-0.3, -0.25) is 4.79 Å². The van der Waals surface area contributed by atoms with Crippen molar-refractivity contribution in [2.45, 2.75) is 13.8 Å². The second kappa shape index (κ2) is 7.07. The molecule has 0 heterocycles. The summed E-state index contributed by atoms with van der Waals surface area (Å²) in [6.07, 6.45) is 0. The van der Waals surface area contributed by atoms with Crippen molar-refractivity contribution < 1.29 is 9.53 Å². The fourth-order valence-corrected chi connectivity index (χ4v) is 1.60. The molecule has 0 radical (unpaired) electrons. The number of carbonyl (C=O) groups excluding carboxylic acids is 1. The van der Waals surface area contributed by atoms with E-state index in [4.69, 9.17) is 16.3 Å². The topological polar surface area (TPSA) is 29.5 Å². The molecule has 1 rings (SSSR count). The molecule has 0 bridgehead atoms. The highest BCUT2D eigenvalue weighted by molar-refractivity contribution is 6.30. The molecule has 0 aliphatic carbocycles. The van der Waals surface area contributed by atoms with Gasteiger partial charge in [0.2, 0.25) is 0 Å². The zero-order valence-corrected chi connectivity index (χ0v) is 11.5. The monoisotopic (exact) mass is 267 g/mol. The van der Waals surface area contributed by atoms with Crippen LogP contribution in [0, 0.1) is 0 Å². The summed E-state index contributed by atoms with van der Waals surface area (Å²) in [5, 5.41) is 0.645. The van der Waals surface area contributed by atoms with Crippen molar-refractivity contribution in [1.82, 2.24) is 4.90 Å². The summed E-state index contributed by atoms with van der Waals surface area (Å²) in [6.45, 7) is 8.88. The molecule has 0 aliphatic rings. The Morgan fingerprint density at radius 2 is 2.00 bits per heavy atom. The van der Waals surface area contributed by atoms with Crippen LogP contribution in [0.2, 0.25) is 5.02 Å². The van der Waals surface area contributed by atoms with E-state index in [1.54, 1.807) is 29.2 Å². The third-order valence-electron chi connectivity index (χ3n) is 2.37. The van der Waals surface area contributed by atoms with Gasteiger partial charge < -0.3 is 9.64 Å². The van der Waals surface area contributed by atoms with Crippen LogP contribution in [0.25, 0.3) is 0 Å². The molecule has 0 aromatic heterocycles. The quantitative estimate of drug-likeness (QED) is 0.741. The average Bonchev–Trinajstić information content (AvgIpc) is 2.34. The number of rotatable bonds is 6. The molecule has 1 aromatic carbocycles. The van der Waals surface area contributed by atoms with Gasteiger partial charge in [0.15, 0.2) is 6.61 Å². The maximum absolute atomic E-state index is 11.9. The van der Waals surface area contributed by atoms with Gasteiger partial charge in [0, 0.05) is 18.1 Å². The van der Waals surface area contributed by atoms with E-state index >= 15 is 0 Å². The minimum atomic E-state index is -0.0459. The number of benzene rings is 1. The van der Waals surface area contributed by atoms with Crippen molar-refractivity contribution in [1.29, 1.82) is 0 Å². The Kier molecular flexibility index (Phi) is 5.72. The average molecular weight is 268 g/mol. The van der Waals surface area contributed by atoms with Crippen LogP contribution in [0.15, 0.2) is 36.4 Å². The summed E-state index contributed by atoms with van der Waals surface area (Å²) in [4.78, 5) is 13.6. The van der Waals surface area contributed by atoms with E-state index in [9.17, 15) is 4.79 Å². The SMILES string of the molecule is C=C(C)CN(CC)C(=O)COc1ccc(Cl)cc1. The molecular formula is C14H18ClNO2. The first-order valence-electron chi connectivity index (χ1n) is 5.83. The number of ether oxygens (including phenoxy) is 1. The molecule has 18 heavy (non-hydrogen) atoms. The van der Waals surface area contributed by atoms with Gasteiger partial charge in [0.05, 0.1) is 0 Å². The van der Waals surface area contributed by atoms with E-state index in [1.807, 2.05) is 13.8 Å². The summed E-state index contributed by atoms with van der Waals surface area (Å²) in [5.74, 6) is 0.592. The molecule has 0 saturated carbocycles. The van der Waals surface area contributed by atoms with Gasteiger partial charge in [-0.25, -0.2) is 0 Å². The Hall–Kier alpha value is -1.48. The number of likely N-dealkylation sites (N-methyl/N-ethyl adjacent to an activating group) is 1. The molecular weight excluding hydrogens is 250 g/mol. The Morgan fingerprint density at radius 1 is 1.39 bits per heavy atom. The number of amides is 1. The normalized spacial score (nSPS) is 9.94. The Morgan fingerprint density at radius 3 is 2.50 bits per heavy atom. The van der Waals surface area contributed by atoms with Crippen molar-refractivity contribution in [3.8, 4) is 5.75 Å². The van der Waals surface area contributed by atoms with Crippen LogP contribution in [-0.2, 0) is 4.79 Å². The Balaban J connectivity index is 2.49. The van der Waals surface area contributed by atoms with Gasteiger partial charge in [-0.05, 0) is 38.1 Å². The Bertz CT molecular complexity index is 414. The van der Waals surface area contributed by atoms with Crippen molar-refractivity contribution in [3.05, 3.63) is 41.4 Å². The molecule has 0 saturated heterocycles. The Labute approximate surface area is 113 Å². The van der Waals surface area contributed by atoms with E-state index in [2.05, 4.69) is 6.58 Å². The first-order valence-corrected chi connectivity index (χ1v) is 6.21. The van der Waals surface area contributed by atoms with Gasteiger partial charge >= 0.3 is 0 Å². The van der Waals surface area contributed by atoms with Gasteiger partial charge in [0.1, 0.15) is 5.75 Å². The molecule has 1 aromatic rings. The van der Waals surface area contributed by atoms with Crippen LogP contribution in [0.1, 0.15) is 13.8 Å². The molecule has 3 nitrogen and oxygen atoms in total. The van der Waals surface area contributed by atoms with Crippen molar-refractivity contribution in [2.75, 3.05) is 19.7 Å². The largest absolute Gasteiger partial charge is 0.484 e. The van der Waals surface area contributed by atoms with Gasteiger partial charge in [-0.1, -0.05) is 23.8 Å². The van der Waals surface area contributed by atoms with E-state index in [0.29, 0.717) is 23.9 Å². The maximum atomic E-state index is 11.9. The zero-order valence-electron chi connectivity index (χ0n) is 10.8. The minimum Gasteiger partial charge on any atom is -0.484 e. The summed E-state index contributed by atoms with van der Waals surface area (Å²) in [6, 6.07) is 6.94. The van der Waals surface area contributed by atoms with Gasteiger partial charge in [-0.2, -0.15) is 0 Å². The van der Waals surface area contributed by atoms with Crippen molar-refractivity contribution >= 4 is 17.5 Å². The lowest BCUT2D eigenvalue weighted by Gasteiger charge is -2.21. The van der Waals surface area contributed by atoms with Gasteiger partial charge in [-0.15, -0.1) is 0 Å². The summed E-state index contributed by atoms with van der Waals surface area (Å²) in [5.41, 5.74) is 0.955. The van der Waals surface area contributed by atoms with Crippen LogP contribution in [0.4, 0.5) is 0 Å². The third-order valence-corrected chi connectivity index (χ3v) is 2.62. The molecule has 98 valence electrons. The van der Waals surface area contributed by atoms with Crippen LogP contribution < -0.4 is 4.74 Å². The fourth-order valence-electron chi connectivity index (χ4n) is 1.47. The second-order valence-corrected chi connectivity index (χ2v) is 4.54. The lowest BCUT2D eigenvalue weighted by Crippen LogP contribution is -2.35. The third kappa shape index (κ3) is 4.80. The number of carbonyl (C=O) groups is 1. The predicted molar refractivity (Wildman–Crippen MR) is 74.0 cm³/mol. The lowest BCUT2D eigenvalue weighted by atomic mass is 10.3. The molecule has 4 heteroatoms. The summed E-state index contributed by atoms with van der Waals surface area (Å²) in [7, 11) is 0. The van der Waals surface area contributed by atoms with E-state index < -0.39 is 0 Å². The molecule has 1 amide bonds. The number of nitrogens with zero attached hydrogens (tertiary/aromatic N) is 1. The second-order valence-electron chi connectivity index (χ2n) is 4.11. The summed E-state index contributed by atoms with van der Waals surface area (Å²) < 4.78 is 5.41. The fraction of sp³-hybridized carbons (Fsp3) is 0.357. The minimum absolute atomic E-state index is 0.0305. The maximum Gasteiger partial charge on any atom is 0.260 e. The highest BCUT2D eigenvalue weighted by Crippen LogP contribution is 2.15. The zero-order chi connectivity index (χ0) is 13.5. The van der Waals surface area contributed by atoms with Gasteiger partial charge in [0.25, 0.3) is 5.91 Å². The highest BCUT2D eigenvalue weighted by Gasteiger charge is 2.12. The van der Waals surface area contributed by atoms with Crippen molar-refractivity contribution in [2.24, 2.45) is 0 Å². The van der Waals surface area contributed by atoms with Crippen molar-refractivity contribution in [3.63, 3.8) is 0 Å². The van der Waals surface area contributed by atoms with E-state index in [-0.39, 0.29) is 12.5 Å². The standard InChI is InChI=1S/C14H18ClNO2/c1-4-16(9-11(2)3)14(17)10-18-13-7-5-12(15)6-8-13/h5-8H,2,4,9-10H2,1,3H3. The number of halogens is 1. The smallest absolute Gasteiger partial charge is 0.260 e. The lowest BCUT2D eigenvalue weighted by molar-refractivity contribution is -0.132. The molecule has 0 N–H and O–H groups in total. The van der Waals surface area contributed by atoms with E-state index in [1.165, 1.54) is 0 Å². The first-order chi connectivity index (χ1) is 8.52. The molecule has 0 atom stereocenters. The molecule has 0 aliphatic heterocycles. The van der Waals surface area contributed by atoms with Crippen LogP contribution in [0.3, 0.4) is 0 Å². The van der Waals surface area contributed by atoms with Crippen LogP contribution >= 0.6 is 11.6 Å². The van der Waals surface area contributed by atoms with Crippen LogP contribution in [0.5, 0.6) is 5.75 Å². The predicted octanol–water partition coefficient (Wildman–Crippen LogP) is 3.14. The highest BCUT2D eigenvalue weighted by atomic mass is 35.5. The molecule has 0 unspecified atom stereocenters. The van der Waals surface area contributed by atoms with Crippen LogP contribution in [-0.4, -0.2) is 30.5 Å². The van der Waals surface area contributed by atoms with E-state index in [0.717, 1.165) is 5.57 Å². The molecule has 0 fully saturated rings. The first kappa shape index (κ1) is 14.6.